The van der Waals surface area contributed by atoms with Crippen LogP contribution in [0.1, 0.15) is 25.0 Å². The van der Waals surface area contributed by atoms with Gasteiger partial charge in [0.25, 0.3) is 0 Å². The normalized spacial score (nSPS) is 12.8. The minimum Gasteiger partial charge on any atom is -0.354 e. The second-order valence-electron chi connectivity index (χ2n) is 5.73. The first-order chi connectivity index (χ1) is 9.45. The van der Waals surface area contributed by atoms with Gasteiger partial charge in [0.2, 0.25) is 5.91 Å². The molecule has 0 heterocycles. The number of nitrogens with two attached hydrogens (primary N) is 1. The maximum absolute atomic E-state index is 12.1. The molecule has 0 aliphatic heterocycles. The number of amides is 1. The first-order valence-electron chi connectivity index (χ1n) is 7.15. The number of benzene rings is 1. The molecule has 112 valence electrons. The van der Waals surface area contributed by atoms with E-state index in [4.69, 9.17) is 5.73 Å². The van der Waals surface area contributed by atoms with Crippen LogP contribution < -0.4 is 11.1 Å². The van der Waals surface area contributed by atoms with Crippen LogP contribution in [0.5, 0.6) is 0 Å². The van der Waals surface area contributed by atoms with Crippen LogP contribution in [0, 0.1) is 5.92 Å². The smallest absolute Gasteiger partial charge is 0.224 e. The van der Waals surface area contributed by atoms with Crippen molar-refractivity contribution in [2.24, 2.45) is 11.7 Å². The molecular formula is C16H27N3O. The highest BCUT2D eigenvalue weighted by Gasteiger charge is 2.16. The number of carbonyl (C=O) groups is 1. The molecule has 1 rings (SSSR count). The van der Waals surface area contributed by atoms with Gasteiger partial charge >= 0.3 is 0 Å². The summed E-state index contributed by atoms with van der Waals surface area (Å²) in [5.74, 6) is 0.556. The molecule has 3 N–H and O–H groups in total. The third-order valence-electron chi connectivity index (χ3n) is 3.63. The first-order valence-corrected chi connectivity index (χ1v) is 7.15. The van der Waals surface area contributed by atoms with Crippen LogP contribution >= 0.6 is 0 Å². The quantitative estimate of drug-likeness (QED) is 0.792. The van der Waals surface area contributed by atoms with Crippen LogP contribution in [0.4, 0.5) is 0 Å². The molecule has 4 heteroatoms. The van der Waals surface area contributed by atoms with E-state index in [0.717, 1.165) is 11.1 Å². The van der Waals surface area contributed by atoms with E-state index in [0.29, 0.717) is 31.5 Å². The van der Waals surface area contributed by atoms with Crippen molar-refractivity contribution in [2.45, 2.75) is 32.9 Å². The average molecular weight is 277 g/mol. The fourth-order valence-corrected chi connectivity index (χ4v) is 2.40. The highest BCUT2D eigenvalue weighted by Crippen LogP contribution is 2.09. The van der Waals surface area contributed by atoms with Crippen LogP contribution in [0.15, 0.2) is 24.3 Å². The van der Waals surface area contributed by atoms with E-state index < -0.39 is 0 Å². The van der Waals surface area contributed by atoms with Gasteiger partial charge in [-0.25, -0.2) is 0 Å². The molecule has 1 aromatic rings. The number of rotatable bonds is 7. The monoisotopic (exact) mass is 277 g/mol. The van der Waals surface area contributed by atoms with Gasteiger partial charge in [-0.2, -0.15) is 0 Å². The van der Waals surface area contributed by atoms with Gasteiger partial charge in [0.05, 0.1) is 6.42 Å². The van der Waals surface area contributed by atoms with Gasteiger partial charge < -0.3 is 16.0 Å². The number of nitrogens with one attached hydrogen (secondary N) is 1. The van der Waals surface area contributed by atoms with E-state index in [1.54, 1.807) is 0 Å². The summed E-state index contributed by atoms with van der Waals surface area (Å²) in [4.78, 5) is 14.2. The van der Waals surface area contributed by atoms with Crippen LogP contribution in [0.25, 0.3) is 0 Å². The lowest BCUT2D eigenvalue weighted by Crippen LogP contribution is -2.43. The Kier molecular flexibility index (Phi) is 6.68. The molecule has 0 aromatic heterocycles. The topological polar surface area (TPSA) is 58.4 Å². The van der Waals surface area contributed by atoms with Gasteiger partial charge in [-0.05, 0) is 31.1 Å². The standard InChI is InChI=1S/C16H27N3O/c1-12(2)15(19(3)4)11-18-16(20)9-13-7-5-6-8-14(13)10-17/h5-8,12,15H,9-11,17H2,1-4H3,(H,18,20). The molecule has 1 aromatic carbocycles. The van der Waals surface area contributed by atoms with E-state index in [1.165, 1.54) is 0 Å². The van der Waals surface area contributed by atoms with Gasteiger partial charge in [-0.1, -0.05) is 38.1 Å². The van der Waals surface area contributed by atoms with Crippen molar-refractivity contribution in [1.82, 2.24) is 10.2 Å². The summed E-state index contributed by atoms with van der Waals surface area (Å²) in [6, 6.07) is 8.18. The lowest BCUT2D eigenvalue weighted by atomic mass is 10.0. The Labute approximate surface area is 122 Å². The van der Waals surface area contributed by atoms with Crippen molar-refractivity contribution >= 4 is 5.91 Å². The molecule has 0 saturated heterocycles. The fraction of sp³-hybridized carbons (Fsp3) is 0.562. The van der Waals surface area contributed by atoms with Gasteiger partial charge in [0.15, 0.2) is 0 Å². The highest BCUT2D eigenvalue weighted by molar-refractivity contribution is 5.78. The van der Waals surface area contributed by atoms with Gasteiger partial charge in [-0.15, -0.1) is 0 Å². The van der Waals surface area contributed by atoms with Crippen LogP contribution in [-0.4, -0.2) is 37.5 Å². The van der Waals surface area contributed by atoms with Crippen LogP contribution in [-0.2, 0) is 17.8 Å². The molecule has 1 amide bonds. The van der Waals surface area contributed by atoms with Crippen molar-refractivity contribution in [3.8, 4) is 0 Å². The van der Waals surface area contributed by atoms with Crippen molar-refractivity contribution in [3.63, 3.8) is 0 Å². The summed E-state index contributed by atoms with van der Waals surface area (Å²) < 4.78 is 0. The zero-order valence-corrected chi connectivity index (χ0v) is 13.0. The molecule has 0 saturated carbocycles. The van der Waals surface area contributed by atoms with Crippen LogP contribution in [0.3, 0.4) is 0 Å². The molecule has 0 aliphatic rings. The molecule has 0 aliphatic carbocycles. The second-order valence-corrected chi connectivity index (χ2v) is 5.73. The third-order valence-corrected chi connectivity index (χ3v) is 3.63. The predicted octanol–water partition coefficient (Wildman–Crippen LogP) is 1.39. The first kappa shape index (κ1) is 16.7. The van der Waals surface area contributed by atoms with E-state index in [2.05, 4.69) is 24.1 Å². The Morgan fingerprint density at radius 3 is 2.35 bits per heavy atom. The Morgan fingerprint density at radius 1 is 1.25 bits per heavy atom. The number of hydrogen-bond acceptors (Lipinski definition) is 3. The molecule has 1 atom stereocenters. The van der Waals surface area contributed by atoms with Gasteiger partial charge in [0, 0.05) is 19.1 Å². The number of likely N-dealkylation sites (N-methyl/N-ethyl adjacent to an activating group) is 1. The summed E-state index contributed by atoms with van der Waals surface area (Å²) in [7, 11) is 4.08. The minimum absolute atomic E-state index is 0.0541. The van der Waals surface area contributed by atoms with Crippen molar-refractivity contribution in [1.29, 1.82) is 0 Å². The summed E-state index contributed by atoms with van der Waals surface area (Å²) in [5.41, 5.74) is 7.74. The summed E-state index contributed by atoms with van der Waals surface area (Å²) in [6.45, 7) is 5.48. The van der Waals surface area contributed by atoms with Crippen molar-refractivity contribution < 1.29 is 4.79 Å². The zero-order chi connectivity index (χ0) is 15.1. The number of nitrogens with zero attached hydrogens (tertiary/aromatic N) is 1. The predicted molar refractivity (Wildman–Crippen MR) is 83.4 cm³/mol. The third kappa shape index (κ3) is 4.94. The molecule has 0 bridgehead atoms. The Balaban J connectivity index is 2.55. The SMILES string of the molecule is CC(C)C(CNC(=O)Cc1ccccc1CN)N(C)C. The molecule has 4 nitrogen and oxygen atoms in total. The maximum Gasteiger partial charge on any atom is 0.224 e. The Bertz CT molecular complexity index is 421. The number of hydrogen-bond donors (Lipinski definition) is 2. The van der Waals surface area contributed by atoms with Crippen LogP contribution in [0.2, 0.25) is 0 Å². The van der Waals surface area contributed by atoms with E-state index in [9.17, 15) is 4.79 Å². The van der Waals surface area contributed by atoms with E-state index in [1.807, 2.05) is 38.4 Å². The zero-order valence-electron chi connectivity index (χ0n) is 13.0. The summed E-state index contributed by atoms with van der Waals surface area (Å²) in [5, 5.41) is 3.02. The molecule has 0 radical (unpaired) electrons. The van der Waals surface area contributed by atoms with E-state index in [-0.39, 0.29) is 5.91 Å². The Hall–Kier alpha value is -1.39. The Morgan fingerprint density at radius 2 is 1.85 bits per heavy atom. The second kappa shape index (κ2) is 8.02. The van der Waals surface area contributed by atoms with Crippen molar-refractivity contribution in [2.75, 3.05) is 20.6 Å². The lowest BCUT2D eigenvalue weighted by Gasteiger charge is -2.28. The molecule has 0 spiro atoms. The molecular weight excluding hydrogens is 250 g/mol. The highest BCUT2D eigenvalue weighted by atomic mass is 16.1. The summed E-state index contributed by atoms with van der Waals surface area (Å²) >= 11 is 0. The fourth-order valence-electron chi connectivity index (χ4n) is 2.40. The molecule has 1 unspecified atom stereocenters. The molecule has 20 heavy (non-hydrogen) atoms. The number of carbonyl (C=O) groups excluding carboxylic acids is 1. The van der Waals surface area contributed by atoms with Gasteiger partial charge in [-0.3, -0.25) is 4.79 Å². The van der Waals surface area contributed by atoms with Crippen molar-refractivity contribution in [3.05, 3.63) is 35.4 Å². The maximum atomic E-state index is 12.1. The minimum atomic E-state index is 0.0541. The van der Waals surface area contributed by atoms with E-state index >= 15 is 0 Å². The van der Waals surface area contributed by atoms with Gasteiger partial charge in [0.1, 0.15) is 0 Å². The lowest BCUT2D eigenvalue weighted by molar-refractivity contribution is -0.120. The summed E-state index contributed by atoms with van der Waals surface area (Å²) in [6.07, 6.45) is 0.394. The molecule has 0 fully saturated rings. The average Bonchev–Trinajstić information content (AvgIpc) is 2.38. The largest absolute Gasteiger partial charge is 0.354 e.